The molecule has 0 bridgehead atoms. The van der Waals surface area contributed by atoms with Gasteiger partial charge in [0.2, 0.25) is 0 Å². The molecule has 0 aliphatic heterocycles. The maximum absolute atomic E-state index is 12.6. The lowest BCUT2D eigenvalue weighted by Crippen LogP contribution is -2.17. The van der Waals surface area contributed by atoms with E-state index in [1.807, 2.05) is 0 Å². The summed E-state index contributed by atoms with van der Waals surface area (Å²) in [5, 5.41) is 12.3. The molecule has 7 nitrogen and oxygen atoms in total. The summed E-state index contributed by atoms with van der Waals surface area (Å²) in [5.41, 5.74) is 1.24. The Hall–Kier alpha value is -3.79. The highest BCUT2D eigenvalue weighted by Crippen LogP contribution is 2.35. The van der Waals surface area contributed by atoms with Gasteiger partial charge in [0.05, 0.1) is 12.3 Å². The molecule has 1 heterocycles. The number of carbonyl (C=O) groups is 1. The normalized spacial score (nSPS) is 11.1. The van der Waals surface area contributed by atoms with Gasteiger partial charge >= 0.3 is 12.3 Å². The third kappa shape index (κ3) is 6.35. The zero-order valence-electron chi connectivity index (χ0n) is 16.8. The number of anilines is 1. The number of ether oxygens (including phenoxy) is 3. The van der Waals surface area contributed by atoms with Crippen LogP contribution in [0, 0.1) is 0 Å². The molecule has 0 saturated heterocycles. The number of para-hydroxylation sites is 2. The summed E-state index contributed by atoms with van der Waals surface area (Å²) < 4.78 is 52.4. The van der Waals surface area contributed by atoms with E-state index < -0.39 is 18.1 Å². The Morgan fingerprint density at radius 1 is 1.06 bits per heavy atom. The van der Waals surface area contributed by atoms with E-state index in [0.29, 0.717) is 11.3 Å². The lowest BCUT2D eigenvalue weighted by molar-refractivity contribution is -0.275. The highest BCUT2D eigenvalue weighted by Gasteiger charge is 2.32. The second-order valence-electron chi connectivity index (χ2n) is 6.53. The molecule has 168 valence electrons. The Morgan fingerprint density at radius 3 is 2.50 bits per heavy atom. The number of alkyl halides is 3. The monoisotopic (exact) mass is 448 g/mol. The molecule has 0 unspecified atom stereocenters. The van der Waals surface area contributed by atoms with Crippen LogP contribution in [0.15, 0.2) is 60.7 Å². The van der Waals surface area contributed by atoms with E-state index >= 15 is 0 Å². The number of hydrogen-bond donors (Lipinski definition) is 2. The van der Waals surface area contributed by atoms with Crippen molar-refractivity contribution in [3.8, 4) is 17.2 Å². The van der Waals surface area contributed by atoms with Gasteiger partial charge in [-0.3, -0.25) is 0 Å². The van der Waals surface area contributed by atoms with Crippen LogP contribution in [0.2, 0.25) is 0 Å². The maximum atomic E-state index is 12.6. The zero-order valence-corrected chi connectivity index (χ0v) is 16.8. The van der Waals surface area contributed by atoms with E-state index in [1.165, 1.54) is 31.4 Å². The topological polar surface area (TPSA) is 89.9 Å². The Labute approximate surface area is 181 Å². The standard InChI is InChI=1S/C22H19F3N2O5/c1-30-13-15-9-10-17(21(28)29)20(27-15)26-12-14-5-4-6-16(11-14)31-18-7-2-3-8-19(18)32-22(23,24)25/h2-11H,12-13H2,1H3,(H,26,27)(H,28,29). The van der Waals surface area contributed by atoms with Crippen molar-refractivity contribution in [1.29, 1.82) is 0 Å². The fraction of sp³-hybridized carbons (Fsp3) is 0.182. The Kier molecular flexibility index (Phi) is 7.16. The average molecular weight is 448 g/mol. The number of rotatable bonds is 9. The van der Waals surface area contributed by atoms with Gasteiger partial charge in [-0.05, 0) is 42.0 Å². The maximum Gasteiger partial charge on any atom is 0.573 e. The van der Waals surface area contributed by atoms with Crippen LogP contribution < -0.4 is 14.8 Å². The largest absolute Gasteiger partial charge is 0.573 e. The first-order valence-electron chi connectivity index (χ1n) is 9.33. The number of aromatic carboxylic acids is 1. The summed E-state index contributed by atoms with van der Waals surface area (Å²) in [7, 11) is 1.50. The van der Waals surface area contributed by atoms with E-state index in [2.05, 4.69) is 15.0 Å². The SMILES string of the molecule is COCc1ccc(C(=O)O)c(NCc2cccc(Oc3ccccc3OC(F)(F)F)c2)n1. The van der Waals surface area contributed by atoms with Crippen LogP contribution in [0.3, 0.4) is 0 Å². The van der Waals surface area contributed by atoms with Crippen molar-refractivity contribution in [2.75, 3.05) is 12.4 Å². The molecule has 1 aromatic heterocycles. The third-order valence-electron chi connectivity index (χ3n) is 4.14. The van der Waals surface area contributed by atoms with Crippen molar-refractivity contribution in [3.63, 3.8) is 0 Å². The number of aromatic nitrogens is 1. The molecule has 32 heavy (non-hydrogen) atoms. The summed E-state index contributed by atoms with van der Waals surface area (Å²) in [4.78, 5) is 15.7. The summed E-state index contributed by atoms with van der Waals surface area (Å²) in [6, 6.07) is 15.0. The first kappa shape index (κ1) is 22.9. The molecule has 0 radical (unpaired) electrons. The number of carboxylic acids is 1. The first-order chi connectivity index (χ1) is 15.2. The van der Waals surface area contributed by atoms with Gasteiger partial charge in [0.1, 0.15) is 17.1 Å². The molecule has 0 fully saturated rings. The van der Waals surface area contributed by atoms with Crippen LogP contribution in [0.25, 0.3) is 0 Å². The fourth-order valence-corrected chi connectivity index (χ4v) is 2.81. The third-order valence-corrected chi connectivity index (χ3v) is 4.14. The van der Waals surface area contributed by atoms with Crippen molar-refractivity contribution in [2.45, 2.75) is 19.5 Å². The quantitative estimate of drug-likeness (QED) is 0.463. The summed E-state index contributed by atoms with van der Waals surface area (Å²) in [5.74, 6) is -1.25. The number of nitrogens with zero attached hydrogens (tertiary/aromatic N) is 1. The molecule has 3 rings (SSSR count). The van der Waals surface area contributed by atoms with E-state index in [9.17, 15) is 23.1 Å². The van der Waals surface area contributed by atoms with Crippen LogP contribution in [-0.4, -0.2) is 29.5 Å². The number of nitrogens with one attached hydrogen (secondary N) is 1. The molecule has 2 N–H and O–H groups in total. The number of benzene rings is 2. The molecular weight excluding hydrogens is 429 g/mol. The molecule has 0 amide bonds. The van der Waals surface area contributed by atoms with Crippen molar-refractivity contribution in [1.82, 2.24) is 4.98 Å². The number of pyridine rings is 1. The van der Waals surface area contributed by atoms with E-state index in [0.717, 1.165) is 6.07 Å². The highest BCUT2D eigenvalue weighted by molar-refractivity contribution is 5.93. The lowest BCUT2D eigenvalue weighted by atomic mass is 10.2. The Bertz CT molecular complexity index is 1090. The summed E-state index contributed by atoms with van der Waals surface area (Å²) in [6.07, 6.45) is -4.85. The van der Waals surface area contributed by atoms with Crippen LogP contribution in [0.1, 0.15) is 21.6 Å². The zero-order chi connectivity index (χ0) is 23.1. The van der Waals surface area contributed by atoms with E-state index in [1.54, 1.807) is 30.3 Å². The Morgan fingerprint density at radius 2 is 1.81 bits per heavy atom. The smallest absolute Gasteiger partial charge is 0.478 e. The van der Waals surface area contributed by atoms with Crippen molar-refractivity contribution in [3.05, 3.63) is 77.5 Å². The Balaban J connectivity index is 1.76. The molecule has 0 saturated carbocycles. The molecule has 0 aliphatic rings. The van der Waals surface area contributed by atoms with E-state index in [4.69, 9.17) is 9.47 Å². The van der Waals surface area contributed by atoms with Crippen LogP contribution >= 0.6 is 0 Å². The molecule has 0 spiro atoms. The minimum Gasteiger partial charge on any atom is -0.478 e. The van der Waals surface area contributed by atoms with Gasteiger partial charge < -0.3 is 24.6 Å². The molecule has 0 aliphatic carbocycles. The number of methoxy groups -OCH3 is 1. The van der Waals surface area contributed by atoms with Crippen molar-refractivity contribution >= 4 is 11.8 Å². The minimum absolute atomic E-state index is 0.00418. The van der Waals surface area contributed by atoms with Gasteiger partial charge in [-0.25, -0.2) is 9.78 Å². The molecular formula is C22H19F3N2O5. The lowest BCUT2D eigenvalue weighted by Gasteiger charge is -2.14. The van der Waals surface area contributed by atoms with Crippen molar-refractivity contribution < 1.29 is 37.3 Å². The second kappa shape index (κ2) is 10.0. The number of halogens is 3. The number of hydrogen-bond acceptors (Lipinski definition) is 6. The van der Waals surface area contributed by atoms with Gasteiger partial charge in [0.15, 0.2) is 11.5 Å². The predicted molar refractivity (Wildman–Crippen MR) is 109 cm³/mol. The van der Waals surface area contributed by atoms with E-state index in [-0.39, 0.29) is 36.0 Å². The highest BCUT2D eigenvalue weighted by atomic mass is 19.4. The van der Waals surface area contributed by atoms with Gasteiger partial charge in [-0.2, -0.15) is 0 Å². The van der Waals surface area contributed by atoms with Crippen LogP contribution in [0.4, 0.5) is 19.0 Å². The molecule has 0 atom stereocenters. The molecule has 2 aromatic carbocycles. The van der Waals surface area contributed by atoms with Gasteiger partial charge in [0.25, 0.3) is 0 Å². The first-order valence-corrected chi connectivity index (χ1v) is 9.33. The molecule has 10 heteroatoms. The second-order valence-corrected chi connectivity index (χ2v) is 6.53. The fourth-order valence-electron chi connectivity index (χ4n) is 2.81. The predicted octanol–water partition coefficient (Wildman–Crippen LogP) is 5.23. The minimum atomic E-state index is -4.85. The van der Waals surface area contributed by atoms with Crippen LogP contribution in [-0.2, 0) is 17.9 Å². The summed E-state index contributed by atoms with van der Waals surface area (Å²) >= 11 is 0. The molecule has 3 aromatic rings. The van der Waals surface area contributed by atoms with Gasteiger partial charge in [-0.15, -0.1) is 13.2 Å². The number of carboxylic acid groups (broad SMARTS) is 1. The van der Waals surface area contributed by atoms with Gasteiger partial charge in [-0.1, -0.05) is 24.3 Å². The van der Waals surface area contributed by atoms with Crippen LogP contribution in [0.5, 0.6) is 17.2 Å². The van der Waals surface area contributed by atoms with Crippen molar-refractivity contribution in [2.24, 2.45) is 0 Å². The van der Waals surface area contributed by atoms with Gasteiger partial charge in [0, 0.05) is 13.7 Å². The average Bonchev–Trinajstić information content (AvgIpc) is 2.73. The summed E-state index contributed by atoms with van der Waals surface area (Å²) in [6.45, 7) is 0.416.